The maximum Gasteiger partial charge on any atom is 0.305 e. The molecule has 0 unspecified atom stereocenters. The highest BCUT2D eigenvalue weighted by atomic mass is 32.2. The number of hydrogen-bond acceptors (Lipinski definition) is 5. The van der Waals surface area contributed by atoms with Crippen LogP contribution in [-0.4, -0.2) is 46.9 Å². The highest BCUT2D eigenvalue weighted by molar-refractivity contribution is 7.89. The summed E-state index contributed by atoms with van der Waals surface area (Å²) in [6.07, 6.45) is 1.48. The van der Waals surface area contributed by atoms with E-state index in [1.54, 1.807) is 13.8 Å². The standard InChI is InChI=1S/C12H19N3O5S/c1-9-12(10(2)14(13-9)7-5-11(16)17)21(18,19)15-6-3-4-8-20-15/h3-8H2,1-2H3,(H,16,17). The molecule has 2 heterocycles. The summed E-state index contributed by atoms with van der Waals surface area (Å²) in [4.78, 5) is 16.0. The maximum absolute atomic E-state index is 12.6. The first-order chi connectivity index (χ1) is 9.84. The van der Waals surface area contributed by atoms with Gasteiger partial charge in [0, 0.05) is 6.54 Å². The molecule has 0 spiro atoms. The van der Waals surface area contributed by atoms with Gasteiger partial charge in [-0.1, -0.05) is 4.47 Å². The summed E-state index contributed by atoms with van der Waals surface area (Å²) in [6.45, 7) is 4.06. The molecule has 2 rings (SSSR count). The topological polar surface area (TPSA) is 102 Å². The normalized spacial score (nSPS) is 17.0. The SMILES string of the molecule is Cc1nn(CCC(=O)O)c(C)c1S(=O)(=O)N1CCCCO1. The van der Waals surface area contributed by atoms with E-state index in [4.69, 9.17) is 9.94 Å². The number of rotatable bonds is 5. The highest BCUT2D eigenvalue weighted by Gasteiger charge is 2.33. The number of carboxylic acids is 1. The van der Waals surface area contributed by atoms with Crippen LogP contribution in [0.4, 0.5) is 0 Å². The molecule has 1 aliphatic rings. The molecule has 1 fully saturated rings. The van der Waals surface area contributed by atoms with E-state index < -0.39 is 16.0 Å². The number of hydrogen-bond donors (Lipinski definition) is 1. The van der Waals surface area contributed by atoms with Gasteiger partial charge in [0.25, 0.3) is 10.0 Å². The number of hydroxylamine groups is 1. The first-order valence-corrected chi connectivity index (χ1v) is 8.19. The van der Waals surface area contributed by atoms with E-state index in [0.717, 1.165) is 17.3 Å². The third-order valence-electron chi connectivity index (χ3n) is 3.35. The molecule has 1 N–H and O–H groups in total. The number of carboxylic acid groups (broad SMARTS) is 1. The molecule has 0 aliphatic carbocycles. The van der Waals surface area contributed by atoms with E-state index in [0.29, 0.717) is 24.5 Å². The lowest BCUT2D eigenvalue weighted by atomic mass is 10.3. The fourth-order valence-electron chi connectivity index (χ4n) is 2.34. The Labute approximate surface area is 123 Å². The molecule has 8 nitrogen and oxygen atoms in total. The van der Waals surface area contributed by atoms with E-state index >= 15 is 0 Å². The average molecular weight is 317 g/mol. The third kappa shape index (κ3) is 3.25. The summed E-state index contributed by atoms with van der Waals surface area (Å²) in [7, 11) is -3.76. The van der Waals surface area contributed by atoms with Crippen molar-refractivity contribution in [2.45, 2.75) is 44.6 Å². The number of carbonyl (C=O) groups is 1. The summed E-state index contributed by atoms with van der Waals surface area (Å²) >= 11 is 0. The number of aryl methyl sites for hydroxylation is 2. The molecule has 0 saturated carbocycles. The minimum atomic E-state index is -3.76. The van der Waals surface area contributed by atoms with Crippen LogP contribution in [0.25, 0.3) is 0 Å². The van der Waals surface area contributed by atoms with Gasteiger partial charge in [-0.25, -0.2) is 8.42 Å². The van der Waals surface area contributed by atoms with E-state index in [2.05, 4.69) is 5.10 Å². The molecule has 118 valence electrons. The Morgan fingerprint density at radius 1 is 1.38 bits per heavy atom. The molecule has 0 bridgehead atoms. The van der Waals surface area contributed by atoms with Gasteiger partial charge >= 0.3 is 5.97 Å². The molecule has 0 atom stereocenters. The molecule has 0 radical (unpaired) electrons. The summed E-state index contributed by atoms with van der Waals surface area (Å²) in [6, 6.07) is 0. The zero-order valence-corrected chi connectivity index (χ0v) is 12.9. The van der Waals surface area contributed by atoms with Crippen molar-refractivity contribution in [2.75, 3.05) is 13.2 Å². The zero-order valence-electron chi connectivity index (χ0n) is 12.1. The van der Waals surface area contributed by atoms with Crippen LogP contribution in [0.3, 0.4) is 0 Å². The number of aliphatic carboxylic acids is 1. The molecular formula is C12H19N3O5S. The number of sulfonamides is 1. The number of nitrogens with zero attached hydrogens (tertiary/aromatic N) is 3. The van der Waals surface area contributed by atoms with Gasteiger partial charge in [-0.3, -0.25) is 14.3 Å². The van der Waals surface area contributed by atoms with Gasteiger partial charge in [-0.15, -0.1) is 0 Å². The molecule has 1 aromatic heterocycles. The lowest BCUT2D eigenvalue weighted by Crippen LogP contribution is -2.36. The van der Waals surface area contributed by atoms with Crippen molar-refractivity contribution in [3.8, 4) is 0 Å². The van der Waals surface area contributed by atoms with Crippen LogP contribution >= 0.6 is 0 Å². The van der Waals surface area contributed by atoms with Crippen LogP contribution < -0.4 is 0 Å². The van der Waals surface area contributed by atoms with Gasteiger partial charge in [0.15, 0.2) is 0 Å². The second-order valence-electron chi connectivity index (χ2n) is 4.94. The van der Waals surface area contributed by atoms with E-state index in [1.165, 1.54) is 4.68 Å². The Balaban J connectivity index is 2.32. The summed E-state index contributed by atoms with van der Waals surface area (Å²) in [5, 5.41) is 12.9. The van der Waals surface area contributed by atoms with Crippen LogP contribution in [-0.2, 0) is 26.2 Å². The van der Waals surface area contributed by atoms with Crippen LogP contribution in [0.5, 0.6) is 0 Å². The minimum Gasteiger partial charge on any atom is -0.481 e. The van der Waals surface area contributed by atoms with Gasteiger partial charge in [0.05, 0.1) is 31.0 Å². The first-order valence-electron chi connectivity index (χ1n) is 6.75. The Kier molecular flexibility index (Phi) is 4.64. The van der Waals surface area contributed by atoms with Crippen molar-refractivity contribution in [2.24, 2.45) is 0 Å². The fraction of sp³-hybridized carbons (Fsp3) is 0.667. The molecule has 0 amide bonds. The number of aromatic nitrogens is 2. The summed E-state index contributed by atoms with van der Waals surface area (Å²) in [5.41, 5.74) is 0.787. The van der Waals surface area contributed by atoms with E-state index in [1.807, 2.05) is 0 Å². The Morgan fingerprint density at radius 2 is 2.10 bits per heavy atom. The lowest BCUT2D eigenvalue weighted by molar-refractivity contribution is -0.137. The van der Waals surface area contributed by atoms with Crippen molar-refractivity contribution in [3.63, 3.8) is 0 Å². The average Bonchev–Trinajstić information content (AvgIpc) is 2.72. The van der Waals surface area contributed by atoms with Crippen molar-refractivity contribution in [1.82, 2.24) is 14.2 Å². The van der Waals surface area contributed by atoms with Crippen LogP contribution in [0.15, 0.2) is 4.90 Å². The molecule has 9 heteroatoms. The largest absolute Gasteiger partial charge is 0.481 e. The van der Waals surface area contributed by atoms with Crippen molar-refractivity contribution in [1.29, 1.82) is 0 Å². The van der Waals surface area contributed by atoms with Gasteiger partial charge in [-0.2, -0.15) is 5.10 Å². The van der Waals surface area contributed by atoms with Crippen LogP contribution in [0.2, 0.25) is 0 Å². The van der Waals surface area contributed by atoms with Crippen molar-refractivity contribution in [3.05, 3.63) is 11.4 Å². The van der Waals surface area contributed by atoms with Gasteiger partial charge in [-0.05, 0) is 26.7 Å². The monoisotopic (exact) mass is 317 g/mol. The highest BCUT2D eigenvalue weighted by Crippen LogP contribution is 2.25. The maximum atomic E-state index is 12.6. The Bertz CT molecular complexity index is 632. The minimum absolute atomic E-state index is 0.106. The molecule has 1 aromatic rings. The van der Waals surface area contributed by atoms with Crippen LogP contribution in [0, 0.1) is 13.8 Å². The molecule has 1 saturated heterocycles. The van der Waals surface area contributed by atoms with E-state index in [-0.39, 0.29) is 17.9 Å². The molecule has 21 heavy (non-hydrogen) atoms. The molecule has 1 aliphatic heterocycles. The predicted octanol–water partition coefficient (Wildman–Crippen LogP) is 0.691. The smallest absolute Gasteiger partial charge is 0.305 e. The van der Waals surface area contributed by atoms with Crippen LogP contribution in [0.1, 0.15) is 30.7 Å². The summed E-state index contributed by atoms with van der Waals surface area (Å²) < 4.78 is 27.6. The predicted molar refractivity (Wildman–Crippen MR) is 73.0 cm³/mol. The third-order valence-corrected chi connectivity index (χ3v) is 5.28. The second kappa shape index (κ2) is 6.12. The fourth-order valence-corrected chi connectivity index (χ4v) is 4.02. The van der Waals surface area contributed by atoms with Gasteiger partial charge in [0.1, 0.15) is 4.90 Å². The van der Waals surface area contributed by atoms with Gasteiger partial charge < -0.3 is 5.11 Å². The Hall–Kier alpha value is -1.45. The lowest BCUT2D eigenvalue weighted by Gasteiger charge is -2.25. The molecular weight excluding hydrogens is 298 g/mol. The first kappa shape index (κ1) is 15.9. The van der Waals surface area contributed by atoms with E-state index in [9.17, 15) is 13.2 Å². The second-order valence-corrected chi connectivity index (χ2v) is 6.70. The summed E-state index contributed by atoms with van der Waals surface area (Å²) in [5.74, 6) is -0.952. The van der Waals surface area contributed by atoms with Crippen molar-refractivity contribution < 1.29 is 23.2 Å². The zero-order chi connectivity index (χ0) is 15.6. The quantitative estimate of drug-likeness (QED) is 0.857. The van der Waals surface area contributed by atoms with Crippen molar-refractivity contribution >= 4 is 16.0 Å². The van der Waals surface area contributed by atoms with Gasteiger partial charge in [0.2, 0.25) is 0 Å². The molecule has 0 aromatic carbocycles. The Morgan fingerprint density at radius 3 is 2.67 bits per heavy atom.